The summed E-state index contributed by atoms with van der Waals surface area (Å²) >= 11 is 0. The minimum Gasteiger partial charge on any atom is -1.00 e. The summed E-state index contributed by atoms with van der Waals surface area (Å²) in [6, 6.07) is 0. The number of nitrogens with one attached hydrogen (secondary N) is 1. The zero-order valence-electron chi connectivity index (χ0n) is 11.4. The van der Waals surface area contributed by atoms with Gasteiger partial charge in [-0.05, 0) is 20.8 Å². The lowest BCUT2D eigenvalue weighted by molar-refractivity contribution is -0.896. The third kappa shape index (κ3) is 7.08. The lowest BCUT2D eigenvalue weighted by atomic mass is 10.2. The molecule has 4 nitrogen and oxygen atoms in total. The Balaban J connectivity index is 0.00000256. The molecule has 1 heterocycles. The van der Waals surface area contributed by atoms with E-state index in [2.05, 4.69) is 12.4 Å². The number of ether oxygens (including phenoxy) is 1. The number of carbonyl (C=O) groups is 1. The van der Waals surface area contributed by atoms with Gasteiger partial charge in [0.2, 0.25) is 0 Å². The maximum atomic E-state index is 11.4. The first-order chi connectivity index (χ1) is 7.31. The normalized spacial score (nSPS) is 18.4. The predicted molar refractivity (Wildman–Crippen MR) is 64.3 cm³/mol. The molecule has 1 amide bonds. The number of hydrogen-bond donors (Lipinski definition) is 1. The van der Waals surface area contributed by atoms with Gasteiger partial charge in [0.1, 0.15) is 5.60 Å². The summed E-state index contributed by atoms with van der Waals surface area (Å²) in [4.78, 5) is 11.4. The van der Waals surface area contributed by atoms with Crippen molar-refractivity contribution in [1.29, 1.82) is 0 Å². The SMILES string of the molecule is CC(C)(C)OC(=O)NCC[N+]1(C)CCCC1.[I-]. The number of carbonyl (C=O) groups excluding carboxylic acids is 1. The fourth-order valence-electron chi connectivity index (χ4n) is 2.06. The first-order valence-electron chi connectivity index (χ1n) is 6.11. The van der Waals surface area contributed by atoms with Crippen molar-refractivity contribution in [1.82, 2.24) is 5.32 Å². The molecule has 0 unspecified atom stereocenters. The number of hydrogen-bond acceptors (Lipinski definition) is 2. The van der Waals surface area contributed by atoms with Crippen LogP contribution in [0.5, 0.6) is 0 Å². The van der Waals surface area contributed by atoms with Crippen LogP contribution in [0.25, 0.3) is 0 Å². The van der Waals surface area contributed by atoms with Crippen molar-refractivity contribution in [3.8, 4) is 0 Å². The summed E-state index contributed by atoms with van der Waals surface area (Å²) in [7, 11) is 2.25. The third-order valence-electron chi connectivity index (χ3n) is 2.97. The van der Waals surface area contributed by atoms with Gasteiger partial charge in [-0.3, -0.25) is 0 Å². The van der Waals surface area contributed by atoms with Gasteiger partial charge >= 0.3 is 6.09 Å². The monoisotopic (exact) mass is 356 g/mol. The predicted octanol–water partition coefficient (Wildman–Crippen LogP) is -1.24. The zero-order valence-corrected chi connectivity index (χ0v) is 13.5. The highest BCUT2D eigenvalue weighted by atomic mass is 127. The summed E-state index contributed by atoms with van der Waals surface area (Å²) in [5.74, 6) is 0. The maximum absolute atomic E-state index is 11.4. The molecule has 1 aliphatic heterocycles. The van der Waals surface area contributed by atoms with Crippen molar-refractivity contribution >= 4 is 6.09 Å². The number of halogens is 1. The van der Waals surface area contributed by atoms with Crippen LogP contribution < -0.4 is 29.3 Å². The van der Waals surface area contributed by atoms with Crippen LogP contribution in [-0.4, -0.2) is 49.4 Å². The fourth-order valence-corrected chi connectivity index (χ4v) is 2.06. The van der Waals surface area contributed by atoms with Gasteiger partial charge in [0.25, 0.3) is 0 Å². The molecule has 0 spiro atoms. The number of likely N-dealkylation sites (N-methyl/N-ethyl adjacent to an activating group) is 1. The molecular weight excluding hydrogens is 331 g/mol. The van der Waals surface area contributed by atoms with E-state index in [4.69, 9.17) is 4.74 Å². The molecule has 0 aromatic heterocycles. The van der Waals surface area contributed by atoms with Crippen LogP contribution in [0.4, 0.5) is 4.79 Å². The molecule has 0 atom stereocenters. The van der Waals surface area contributed by atoms with Gasteiger partial charge < -0.3 is 38.5 Å². The molecule has 1 saturated heterocycles. The van der Waals surface area contributed by atoms with E-state index in [1.165, 1.54) is 25.9 Å². The van der Waals surface area contributed by atoms with Crippen molar-refractivity contribution < 1.29 is 38.0 Å². The van der Waals surface area contributed by atoms with Gasteiger partial charge in [0, 0.05) is 12.8 Å². The van der Waals surface area contributed by atoms with Gasteiger partial charge in [-0.25, -0.2) is 4.79 Å². The van der Waals surface area contributed by atoms with Crippen LogP contribution in [0.15, 0.2) is 0 Å². The minimum absolute atomic E-state index is 0. The number of alkyl carbamates (subject to hydrolysis) is 1. The molecule has 17 heavy (non-hydrogen) atoms. The molecule has 1 fully saturated rings. The first kappa shape index (κ1) is 17.0. The molecule has 0 saturated carbocycles. The van der Waals surface area contributed by atoms with Gasteiger partial charge in [-0.15, -0.1) is 0 Å². The van der Waals surface area contributed by atoms with E-state index in [0.717, 1.165) is 11.0 Å². The second kappa shape index (κ2) is 6.78. The fraction of sp³-hybridized carbons (Fsp3) is 0.917. The van der Waals surface area contributed by atoms with Crippen LogP contribution in [-0.2, 0) is 4.74 Å². The molecule has 1 rings (SSSR count). The molecule has 1 N–H and O–H groups in total. The van der Waals surface area contributed by atoms with Crippen molar-refractivity contribution in [3.63, 3.8) is 0 Å². The molecule has 102 valence electrons. The Hall–Kier alpha value is -0.0400. The van der Waals surface area contributed by atoms with E-state index in [1.807, 2.05) is 20.8 Å². The Labute approximate surface area is 122 Å². The van der Waals surface area contributed by atoms with Crippen molar-refractivity contribution in [2.45, 2.75) is 39.2 Å². The summed E-state index contributed by atoms with van der Waals surface area (Å²) in [5, 5.41) is 2.81. The molecule has 0 aromatic rings. The van der Waals surface area contributed by atoms with Crippen LogP contribution in [0.3, 0.4) is 0 Å². The van der Waals surface area contributed by atoms with Crippen LogP contribution in [0.2, 0.25) is 0 Å². The molecule has 5 heteroatoms. The standard InChI is InChI=1S/C12H24N2O2.HI/c1-12(2,3)16-11(15)13-7-10-14(4)8-5-6-9-14;/h5-10H2,1-4H3;1H. The van der Waals surface area contributed by atoms with Crippen molar-refractivity contribution in [3.05, 3.63) is 0 Å². The number of amides is 1. The van der Waals surface area contributed by atoms with E-state index in [1.54, 1.807) is 0 Å². The van der Waals surface area contributed by atoms with Gasteiger partial charge in [-0.1, -0.05) is 0 Å². The number of rotatable bonds is 3. The first-order valence-corrected chi connectivity index (χ1v) is 6.11. The highest BCUT2D eigenvalue weighted by Crippen LogP contribution is 2.15. The van der Waals surface area contributed by atoms with E-state index in [9.17, 15) is 4.79 Å². The van der Waals surface area contributed by atoms with Crippen LogP contribution in [0.1, 0.15) is 33.6 Å². The Morgan fingerprint density at radius 2 is 1.82 bits per heavy atom. The maximum Gasteiger partial charge on any atom is 0.407 e. The van der Waals surface area contributed by atoms with Crippen molar-refractivity contribution in [2.24, 2.45) is 0 Å². The van der Waals surface area contributed by atoms with E-state index >= 15 is 0 Å². The minimum atomic E-state index is -0.407. The van der Waals surface area contributed by atoms with E-state index in [0.29, 0.717) is 6.54 Å². The summed E-state index contributed by atoms with van der Waals surface area (Å²) in [6.07, 6.45) is 2.31. The Bertz CT molecular complexity index is 245. The Morgan fingerprint density at radius 1 is 1.29 bits per heavy atom. The highest BCUT2D eigenvalue weighted by Gasteiger charge is 2.26. The average molecular weight is 356 g/mol. The lowest BCUT2D eigenvalue weighted by Gasteiger charge is -2.29. The number of quaternary nitrogens is 1. The summed E-state index contributed by atoms with van der Waals surface area (Å²) in [5.41, 5.74) is -0.407. The highest BCUT2D eigenvalue weighted by molar-refractivity contribution is 5.67. The Kier molecular flexibility index (Phi) is 6.76. The topological polar surface area (TPSA) is 38.3 Å². The molecular formula is C12H25IN2O2. The van der Waals surface area contributed by atoms with Gasteiger partial charge in [0.15, 0.2) is 0 Å². The third-order valence-corrected chi connectivity index (χ3v) is 2.97. The molecule has 0 aliphatic carbocycles. The second-order valence-corrected chi connectivity index (χ2v) is 5.93. The molecule has 0 radical (unpaired) electrons. The largest absolute Gasteiger partial charge is 1.00 e. The van der Waals surface area contributed by atoms with Gasteiger partial charge in [0.05, 0.1) is 33.2 Å². The number of nitrogens with zero attached hydrogens (tertiary/aromatic N) is 1. The summed E-state index contributed by atoms with van der Waals surface area (Å²) in [6.45, 7) is 9.79. The number of likely N-dealkylation sites (tertiary alicyclic amines) is 1. The second-order valence-electron chi connectivity index (χ2n) is 5.93. The molecule has 0 aromatic carbocycles. The van der Waals surface area contributed by atoms with E-state index < -0.39 is 5.60 Å². The molecule has 1 aliphatic rings. The van der Waals surface area contributed by atoms with E-state index in [-0.39, 0.29) is 30.1 Å². The summed E-state index contributed by atoms with van der Waals surface area (Å²) < 4.78 is 6.26. The van der Waals surface area contributed by atoms with Crippen LogP contribution >= 0.6 is 0 Å². The lowest BCUT2D eigenvalue weighted by Crippen LogP contribution is -3.00. The molecule has 0 bridgehead atoms. The van der Waals surface area contributed by atoms with Crippen molar-refractivity contribution in [2.75, 3.05) is 33.2 Å². The van der Waals surface area contributed by atoms with Crippen LogP contribution in [0, 0.1) is 0 Å². The smallest absolute Gasteiger partial charge is 0.407 e. The quantitative estimate of drug-likeness (QED) is 0.507. The Morgan fingerprint density at radius 3 is 2.29 bits per heavy atom. The average Bonchev–Trinajstić information content (AvgIpc) is 2.49. The van der Waals surface area contributed by atoms with Gasteiger partial charge in [-0.2, -0.15) is 0 Å². The zero-order chi connectivity index (χ0) is 12.2.